The van der Waals surface area contributed by atoms with Crippen molar-refractivity contribution in [3.8, 4) is 0 Å². The largest absolute Gasteiger partial charge is 0.370 e. The van der Waals surface area contributed by atoms with Gasteiger partial charge in [0.1, 0.15) is 0 Å². The first-order valence-corrected chi connectivity index (χ1v) is 8.59. The van der Waals surface area contributed by atoms with Crippen LogP contribution < -0.4 is 15.5 Å². The molecule has 1 aromatic carbocycles. The third kappa shape index (κ3) is 3.39. The van der Waals surface area contributed by atoms with Gasteiger partial charge in [-0.1, -0.05) is 18.5 Å². The molecular formula is C17H24ClN3O. The summed E-state index contributed by atoms with van der Waals surface area (Å²) in [5.74, 6) is 0.555. The average Bonchev–Trinajstić information content (AvgIpc) is 2.46. The summed E-state index contributed by atoms with van der Waals surface area (Å²) in [6.45, 7) is 5.97. The van der Waals surface area contributed by atoms with E-state index < -0.39 is 0 Å². The lowest BCUT2D eigenvalue weighted by Gasteiger charge is -2.33. The molecule has 0 bridgehead atoms. The minimum atomic E-state index is 0.0226. The predicted molar refractivity (Wildman–Crippen MR) is 91.7 cm³/mol. The van der Waals surface area contributed by atoms with Crippen molar-refractivity contribution in [2.45, 2.75) is 26.2 Å². The Labute approximate surface area is 137 Å². The Morgan fingerprint density at radius 3 is 2.68 bits per heavy atom. The van der Waals surface area contributed by atoms with E-state index in [-0.39, 0.29) is 11.8 Å². The first-order chi connectivity index (χ1) is 10.6. The normalized spacial score (nSPS) is 20.4. The van der Waals surface area contributed by atoms with E-state index in [0.717, 1.165) is 37.6 Å². The number of halogens is 1. The number of piperidine rings is 1. The van der Waals surface area contributed by atoms with E-state index in [2.05, 4.69) is 15.5 Å². The van der Waals surface area contributed by atoms with Crippen LogP contribution in [0.5, 0.6) is 0 Å². The van der Waals surface area contributed by atoms with Crippen LogP contribution in [-0.2, 0) is 4.79 Å². The molecule has 2 saturated heterocycles. The van der Waals surface area contributed by atoms with Gasteiger partial charge in [-0.2, -0.15) is 0 Å². The van der Waals surface area contributed by atoms with Crippen LogP contribution in [0.4, 0.5) is 11.4 Å². The summed E-state index contributed by atoms with van der Waals surface area (Å²) in [5.41, 5.74) is 1.94. The Bertz CT molecular complexity index is 539. The number of amides is 1. The van der Waals surface area contributed by atoms with Gasteiger partial charge < -0.3 is 15.5 Å². The van der Waals surface area contributed by atoms with Crippen LogP contribution >= 0.6 is 11.6 Å². The van der Waals surface area contributed by atoms with Gasteiger partial charge in [-0.3, -0.25) is 4.79 Å². The van der Waals surface area contributed by atoms with Crippen molar-refractivity contribution in [1.29, 1.82) is 0 Å². The second kappa shape index (κ2) is 6.88. The van der Waals surface area contributed by atoms with Crippen molar-refractivity contribution in [3.63, 3.8) is 0 Å². The van der Waals surface area contributed by atoms with Crippen LogP contribution in [0, 0.1) is 11.8 Å². The Balaban J connectivity index is 1.76. The molecule has 2 N–H and O–H groups in total. The van der Waals surface area contributed by atoms with Gasteiger partial charge in [-0.05, 0) is 56.5 Å². The van der Waals surface area contributed by atoms with Gasteiger partial charge in [0, 0.05) is 24.0 Å². The van der Waals surface area contributed by atoms with Gasteiger partial charge >= 0.3 is 0 Å². The molecule has 0 radical (unpaired) electrons. The Hall–Kier alpha value is -1.26. The molecule has 2 heterocycles. The van der Waals surface area contributed by atoms with Gasteiger partial charge in [-0.25, -0.2) is 0 Å². The highest BCUT2D eigenvalue weighted by molar-refractivity contribution is 6.31. The molecule has 0 aromatic heterocycles. The molecule has 2 fully saturated rings. The molecule has 1 amide bonds. The number of hydrogen-bond donors (Lipinski definition) is 2. The quantitative estimate of drug-likeness (QED) is 0.895. The summed E-state index contributed by atoms with van der Waals surface area (Å²) in [5, 5.41) is 6.99. The fourth-order valence-electron chi connectivity index (χ4n) is 3.14. The molecule has 22 heavy (non-hydrogen) atoms. The van der Waals surface area contributed by atoms with Gasteiger partial charge in [0.25, 0.3) is 0 Å². The van der Waals surface area contributed by atoms with E-state index in [1.807, 2.05) is 25.1 Å². The summed E-state index contributed by atoms with van der Waals surface area (Å²) in [6.07, 6.45) is 3.71. The van der Waals surface area contributed by atoms with Crippen molar-refractivity contribution in [3.05, 3.63) is 23.2 Å². The Morgan fingerprint density at radius 2 is 2.05 bits per heavy atom. The van der Waals surface area contributed by atoms with E-state index in [1.165, 1.54) is 19.3 Å². The molecular weight excluding hydrogens is 298 g/mol. The van der Waals surface area contributed by atoms with Gasteiger partial charge in [0.15, 0.2) is 0 Å². The minimum Gasteiger partial charge on any atom is -0.370 e. The third-order valence-electron chi connectivity index (χ3n) is 4.85. The molecule has 2 aliphatic rings. The minimum absolute atomic E-state index is 0.0226. The highest BCUT2D eigenvalue weighted by atomic mass is 35.5. The topological polar surface area (TPSA) is 44.4 Å². The van der Waals surface area contributed by atoms with Crippen LogP contribution in [0.15, 0.2) is 18.2 Å². The average molecular weight is 322 g/mol. The van der Waals surface area contributed by atoms with E-state index in [9.17, 15) is 4.79 Å². The van der Waals surface area contributed by atoms with Crippen molar-refractivity contribution in [2.75, 3.05) is 36.4 Å². The smallest absolute Gasteiger partial charge is 0.227 e. The molecule has 1 atom stereocenters. The second-order valence-electron chi connectivity index (χ2n) is 6.41. The van der Waals surface area contributed by atoms with Crippen molar-refractivity contribution in [2.24, 2.45) is 11.8 Å². The van der Waals surface area contributed by atoms with Crippen LogP contribution in [0.3, 0.4) is 0 Å². The molecule has 1 unspecified atom stereocenters. The van der Waals surface area contributed by atoms with Crippen LogP contribution in [0.1, 0.15) is 26.2 Å². The molecule has 1 aromatic rings. The maximum absolute atomic E-state index is 12.5. The summed E-state index contributed by atoms with van der Waals surface area (Å²) in [6, 6.07) is 5.80. The molecule has 5 heteroatoms. The summed E-state index contributed by atoms with van der Waals surface area (Å²) >= 11 is 6.14. The Morgan fingerprint density at radius 1 is 1.32 bits per heavy atom. The van der Waals surface area contributed by atoms with Crippen molar-refractivity contribution < 1.29 is 4.79 Å². The summed E-state index contributed by atoms with van der Waals surface area (Å²) in [4.78, 5) is 14.8. The number of nitrogens with zero attached hydrogens (tertiary/aromatic N) is 1. The maximum atomic E-state index is 12.5. The van der Waals surface area contributed by atoms with E-state index in [1.54, 1.807) is 0 Å². The zero-order valence-electron chi connectivity index (χ0n) is 13.1. The van der Waals surface area contributed by atoms with E-state index >= 15 is 0 Å². The highest BCUT2D eigenvalue weighted by Crippen LogP contribution is 2.32. The Kier molecular flexibility index (Phi) is 4.89. The zero-order valence-corrected chi connectivity index (χ0v) is 13.8. The SMILES string of the molecule is CC(C(=O)Nc1cc(Cl)ccc1N1CCCCC1)C1CNC1. The van der Waals surface area contributed by atoms with Crippen molar-refractivity contribution >= 4 is 28.9 Å². The molecule has 0 aliphatic carbocycles. The van der Waals surface area contributed by atoms with Crippen LogP contribution in [-0.4, -0.2) is 32.1 Å². The van der Waals surface area contributed by atoms with E-state index in [4.69, 9.17) is 11.6 Å². The maximum Gasteiger partial charge on any atom is 0.227 e. The van der Waals surface area contributed by atoms with E-state index in [0.29, 0.717) is 10.9 Å². The second-order valence-corrected chi connectivity index (χ2v) is 6.84. The number of carbonyl (C=O) groups is 1. The molecule has 0 spiro atoms. The molecule has 120 valence electrons. The van der Waals surface area contributed by atoms with Crippen molar-refractivity contribution in [1.82, 2.24) is 5.32 Å². The first-order valence-electron chi connectivity index (χ1n) is 8.21. The lowest BCUT2D eigenvalue weighted by molar-refractivity contribution is -0.121. The molecule has 0 saturated carbocycles. The number of hydrogen-bond acceptors (Lipinski definition) is 3. The van der Waals surface area contributed by atoms with Gasteiger partial charge in [0.2, 0.25) is 5.91 Å². The van der Waals surface area contributed by atoms with Gasteiger partial charge in [0.05, 0.1) is 11.4 Å². The highest BCUT2D eigenvalue weighted by Gasteiger charge is 2.29. The van der Waals surface area contributed by atoms with Gasteiger partial charge in [-0.15, -0.1) is 0 Å². The summed E-state index contributed by atoms with van der Waals surface area (Å²) in [7, 11) is 0. The zero-order chi connectivity index (χ0) is 15.5. The molecule has 2 aliphatic heterocycles. The standard InChI is InChI=1S/C17H24ClN3O/c1-12(13-10-19-11-13)17(22)20-15-9-14(18)5-6-16(15)21-7-3-2-4-8-21/h5-6,9,12-13,19H,2-4,7-8,10-11H2,1H3,(H,20,22). The predicted octanol–water partition coefficient (Wildman–Crippen LogP) is 3.12. The lowest BCUT2D eigenvalue weighted by Crippen LogP contribution is -2.48. The number of carbonyl (C=O) groups excluding carboxylic acids is 1. The fourth-order valence-corrected chi connectivity index (χ4v) is 3.32. The third-order valence-corrected chi connectivity index (χ3v) is 5.08. The van der Waals surface area contributed by atoms with Crippen LogP contribution in [0.2, 0.25) is 5.02 Å². The number of rotatable bonds is 4. The number of nitrogens with one attached hydrogen (secondary N) is 2. The lowest BCUT2D eigenvalue weighted by atomic mass is 9.88. The number of benzene rings is 1. The molecule has 4 nitrogen and oxygen atoms in total. The monoisotopic (exact) mass is 321 g/mol. The van der Waals surface area contributed by atoms with Crippen LogP contribution in [0.25, 0.3) is 0 Å². The fraction of sp³-hybridized carbons (Fsp3) is 0.588. The summed E-state index contributed by atoms with van der Waals surface area (Å²) < 4.78 is 0. The number of anilines is 2. The first kappa shape index (κ1) is 15.6. The molecule has 3 rings (SSSR count).